The van der Waals surface area contributed by atoms with Crippen LogP contribution in [-0.4, -0.2) is 30.6 Å². The molecule has 1 rings (SSSR count). The maximum Gasteiger partial charge on any atom is 0.0168 e. The minimum Gasteiger partial charge on any atom is -0.327 e. The zero-order valence-corrected chi connectivity index (χ0v) is 11.1. The van der Waals surface area contributed by atoms with Gasteiger partial charge in [-0.3, -0.25) is 0 Å². The summed E-state index contributed by atoms with van der Waals surface area (Å²) in [6.45, 7) is 5.97. The van der Waals surface area contributed by atoms with Crippen molar-refractivity contribution in [3.8, 4) is 0 Å². The van der Waals surface area contributed by atoms with Crippen LogP contribution in [0.15, 0.2) is 0 Å². The lowest BCUT2D eigenvalue weighted by Gasteiger charge is -2.30. The molecule has 0 saturated carbocycles. The SMILES string of the molecule is CCCCCCCCCN1CCCC(N)C1. The minimum atomic E-state index is 0.443. The summed E-state index contributed by atoms with van der Waals surface area (Å²) in [5.74, 6) is 0. The van der Waals surface area contributed by atoms with E-state index in [1.165, 1.54) is 70.9 Å². The van der Waals surface area contributed by atoms with E-state index in [-0.39, 0.29) is 0 Å². The predicted octanol–water partition coefficient (Wildman–Crippen LogP) is 3.16. The Balaban J connectivity index is 1.86. The Labute approximate surface area is 102 Å². The Morgan fingerprint density at radius 2 is 1.75 bits per heavy atom. The first kappa shape index (κ1) is 14.0. The van der Waals surface area contributed by atoms with Gasteiger partial charge in [0.25, 0.3) is 0 Å². The molecule has 2 nitrogen and oxygen atoms in total. The Morgan fingerprint density at radius 3 is 2.44 bits per heavy atom. The molecule has 1 heterocycles. The van der Waals surface area contributed by atoms with Crippen LogP contribution >= 0.6 is 0 Å². The molecule has 0 aliphatic carbocycles. The van der Waals surface area contributed by atoms with Gasteiger partial charge in [0.15, 0.2) is 0 Å². The molecule has 1 saturated heterocycles. The summed E-state index contributed by atoms with van der Waals surface area (Å²) >= 11 is 0. The molecule has 0 bridgehead atoms. The zero-order valence-electron chi connectivity index (χ0n) is 11.1. The van der Waals surface area contributed by atoms with Gasteiger partial charge in [0, 0.05) is 12.6 Å². The van der Waals surface area contributed by atoms with Gasteiger partial charge >= 0.3 is 0 Å². The minimum absolute atomic E-state index is 0.443. The second kappa shape index (κ2) is 9.00. The normalized spacial score (nSPS) is 22.5. The van der Waals surface area contributed by atoms with Crippen molar-refractivity contribution < 1.29 is 0 Å². The van der Waals surface area contributed by atoms with Gasteiger partial charge < -0.3 is 10.6 Å². The fourth-order valence-electron chi connectivity index (χ4n) is 2.59. The van der Waals surface area contributed by atoms with Crippen molar-refractivity contribution in [2.75, 3.05) is 19.6 Å². The van der Waals surface area contributed by atoms with E-state index in [1.54, 1.807) is 0 Å². The highest BCUT2D eigenvalue weighted by atomic mass is 15.1. The molecule has 0 spiro atoms. The quantitative estimate of drug-likeness (QED) is 0.644. The lowest BCUT2D eigenvalue weighted by molar-refractivity contribution is 0.205. The maximum absolute atomic E-state index is 5.97. The van der Waals surface area contributed by atoms with Crippen LogP contribution in [0.25, 0.3) is 0 Å². The van der Waals surface area contributed by atoms with Crippen molar-refractivity contribution in [1.82, 2.24) is 4.90 Å². The molecule has 1 atom stereocenters. The predicted molar refractivity (Wildman–Crippen MR) is 71.6 cm³/mol. The smallest absolute Gasteiger partial charge is 0.0168 e. The van der Waals surface area contributed by atoms with E-state index < -0.39 is 0 Å². The lowest BCUT2D eigenvalue weighted by Crippen LogP contribution is -2.43. The molecule has 2 heteroatoms. The zero-order chi connectivity index (χ0) is 11.6. The van der Waals surface area contributed by atoms with Crippen LogP contribution in [0.4, 0.5) is 0 Å². The molecule has 2 N–H and O–H groups in total. The molecule has 96 valence electrons. The molecular formula is C14H30N2. The summed E-state index contributed by atoms with van der Waals surface area (Å²) in [6.07, 6.45) is 12.4. The van der Waals surface area contributed by atoms with E-state index in [0.717, 1.165) is 6.54 Å². The molecule has 0 amide bonds. The number of hydrogen-bond acceptors (Lipinski definition) is 2. The summed E-state index contributed by atoms with van der Waals surface area (Å²) in [5.41, 5.74) is 5.97. The third kappa shape index (κ3) is 6.49. The summed E-state index contributed by atoms with van der Waals surface area (Å²) in [5, 5.41) is 0. The molecule has 1 fully saturated rings. The van der Waals surface area contributed by atoms with Gasteiger partial charge in [-0.1, -0.05) is 45.4 Å². The van der Waals surface area contributed by atoms with Gasteiger partial charge in [-0.2, -0.15) is 0 Å². The largest absolute Gasteiger partial charge is 0.327 e. The highest BCUT2D eigenvalue weighted by molar-refractivity contribution is 4.74. The van der Waals surface area contributed by atoms with E-state index in [0.29, 0.717) is 6.04 Å². The van der Waals surface area contributed by atoms with Crippen LogP contribution in [0.2, 0.25) is 0 Å². The van der Waals surface area contributed by atoms with Gasteiger partial charge in [0.2, 0.25) is 0 Å². The van der Waals surface area contributed by atoms with Crippen LogP contribution in [-0.2, 0) is 0 Å². The summed E-state index contributed by atoms with van der Waals surface area (Å²) < 4.78 is 0. The van der Waals surface area contributed by atoms with Gasteiger partial charge in [-0.25, -0.2) is 0 Å². The number of unbranched alkanes of at least 4 members (excludes halogenated alkanes) is 6. The fourth-order valence-corrected chi connectivity index (χ4v) is 2.59. The Hall–Kier alpha value is -0.0800. The molecule has 1 aliphatic heterocycles. The Morgan fingerprint density at radius 1 is 1.06 bits per heavy atom. The van der Waals surface area contributed by atoms with E-state index in [2.05, 4.69) is 11.8 Å². The Kier molecular flexibility index (Phi) is 7.87. The van der Waals surface area contributed by atoms with Crippen LogP contribution < -0.4 is 5.73 Å². The molecule has 0 aromatic heterocycles. The Bertz CT molecular complexity index is 159. The first-order chi connectivity index (χ1) is 7.83. The second-order valence-electron chi connectivity index (χ2n) is 5.32. The third-order valence-corrected chi connectivity index (χ3v) is 3.62. The molecule has 16 heavy (non-hydrogen) atoms. The van der Waals surface area contributed by atoms with Crippen molar-refractivity contribution in [3.05, 3.63) is 0 Å². The monoisotopic (exact) mass is 226 g/mol. The van der Waals surface area contributed by atoms with Gasteiger partial charge in [-0.15, -0.1) is 0 Å². The van der Waals surface area contributed by atoms with Crippen molar-refractivity contribution in [1.29, 1.82) is 0 Å². The number of nitrogens with zero attached hydrogens (tertiary/aromatic N) is 1. The lowest BCUT2D eigenvalue weighted by atomic mass is 10.1. The van der Waals surface area contributed by atoms with Crippen LogP contribution in [0.5, 0.6) is 0 Å². The van der Waals surface area contributed by atoms with Gasteiger partial charge in [-0.05, 0) is 32.4 Å². The van der Waals surface area contributed by atoms with Gasteiger partial charge in [0.1, 0.15) is 0 Å². The maximum atomic E-state index is 5.97. The molecule has 0 radical (unpaired) electrons. The van der Waals surface area contributed by atoms with Crippen LogP contribution in [0.3, 0.4) is 0 Å². The molecular weight excluding hydrogens is 196 g/mol. The first-order valence-corrected chi connectivity index (χ1v) is 7.31. The molecule has 0 aromatic carbocycles. The highest BCUT2D eigenvalue weighted by Crippen LogP contribution is 2.11. The molecule has 0 aromatic rings. The number of nitrogens with two attached hydrogens (primary N) is 1. The average molecular weight is 226 g/mol. The summed E-state index contributed by atoms with van der Waals surface area (Å²) in [7, 11) is 0. The van der Waals surface area contributed by atoms with E-state index in [4.69, 9.17) is 5.73 Å². The third-order valence-electron chi connectivity index (χ3n) is 3.62. The van der Waals surface area contributed by atoms with E-state index >= 15 is 0 Å². The van der Waals surface area contributed by atoms with E-state index in [1.807, 2.05) is 0 Å². The fraction of sp³-hybridized carbons (Fsp3) is 1.00. The highest BCUT2D eigenvalue weighted by Gasteiger charge is 2.15. The first-order valence-electron chi connectivity index (χ1n) is 7.31. The number of piperidine rings is 1. The van der Waals surface area contributed by atoms with Crippen LogP contribution in [0, 0.1) is 0 Å². The van der Waals surface area contributed by atoms with Crippen LogP contribution in [0.1, 0.15) is 64.7 Å². The number of rotatable bonds is 8. The number of hydrogen-bond donors (Lipinski definition) is 1. The summed E-state index contributed by atoms with van der Waals surface area (Å²) in [4.78, 5) is 2.56. The molecule has 1 aliphatic rings. The topological polar surface area (TPSA) is 29.3 Å². The van der Waals surface area contributed by atoms with Crippen molar-refractivity contribution in [3.63, 3.8) is 0 Å². The van der Waals surface area contributed by atoms with Crippen molar-refractivity contribution in [2.24, 2.45) is 5.73 Å². The van der Waals surface area contributed by atoms with Crippen molar-refractivity contribution in [2.45, 2.75) is 70.8 Å². The average Bonchev–Trinajstić information content (AvgIpc) is 2.28. The van der Waals surface area contributed by atoms with Crippen molar-refractivity contribution >= 4 is 0 Å². The summed E-state index contributed by atoms with van der Waals surface area (Å²) in [6, 6.07) is 0.443. The standard InChI is InChI=1S/C14H30N2/c1-2-3-4-5-6-7-8-11-16-12-9-10-14(15)13-16/h14H,2-13,15H2,1H3. The van der Waals surface area contributed by atoms with Gasteiger partial charge in [0.05, 0.1) is 0 Å². The molecule has 1 unspecified atom stereocenters. The second-order valence-corrected chi connectivity index (χ2v) is 5.32. The number of likely N-dealkylation sites (tertiary alicyclic amines) is 1. The van der Waals surface area contributed by atoms with E-state index in [9.17, 15) is 0 Å².